The summed E-state index contributed by atoms with van der Waals surface area (Å²) in [4.78, 5) is 0. The normalized spacial score (nSPS) is 14.0. The Morgan fingerprint density at radius 2 is 1.95 bits per heavy atom. The molecule has 0 saturated carbocycles. The maximum Gasteiger partial charge on any atom is 0.0991 e. The molecule has 1 aliphatic rings. The van der Waals surface area contributed by atoms with Crippen molar-refractivity contribution >= 4 is 22.9 Å². The van der Waals surface area contributed by atoms with Crippen molar-refractivity contribution in [2.24, 2.45) is 0 Å². The third kappa shape index (κ3) is 2.77. The fourth-order valence-electron chi connectivity index (χ4n) is 2.73. The Labute approximate surface area is 131 Å². The number of hydrogen-bond acceptors (Lipinski definition) is 1. The standard InChI is InChI=1S/C21H17N/c1-2-18-11-12-19-10-8-17(15-22)14-21(19)20(18)13-9-16-6-4-3-5-7-16/h2,4,6-14H,1,3,5H2/b13-9+. The van der Waals surface area contributed by atoms with Crippen LogP contribution >= 0.6 is 0 Å². The summed E-state index contributed by atoms with van der Waals surface area (Å²) in [6, 6.07) is 12.2. The second kappa shape index (κ2) is 6.28. The maximum absolute atomic E-state index is 9.14. The summed E-state index contributed by atoms with van der Waals surface area (Å²) < 4.78 is 0. The van der Waals surface area contributed by atoms with Crippen molar-refractivity contribution in [3.8, 4) is 6.07 Å². The molecule has 0 amide bonds. The third-order valence-electron chi connectivity index (χ3n) is 3.91. The lowest BCUT2D eigenvalue weighted by Gasteiger charge is -2.08. The molecule has 2 aromatic carbocycles. The van der Waals surface area contributed by atoms with Crippen molar-refractivity contribution < 1.29 is 0 Å². The number of benzene rings is 2. The van der Waals surface area contributed by atoms with Gasteiger partial charge in [0.2, 0.25) is 0 Å². The van der Waals surface area contributed by atoms with Crippen LogP contribution in [0, 0.1) is 11.3 Å². The first-order chi connectivity index (χ1) is 10.8. The van der Waals surface area contributed by atoms with Gasteiger partial charge in [-0.05, 0) is 52.4 Å². The summed E-state index contributed by atoms with van der Waals surface area (Å²) in [5.41, 5.74) is 4.11. The van der Waals surface area contributed by atoms with Gasteiger partial charge in [-0.25, -0.2) is 0 Å². The van der Waals surface area contributed by atoms with Gasteiger partial charge in [0.15, 0.2) is 0 Å². The van der Waals surface area contributed by atoms with Gasteiger partial charge in [-0.15, -0.1) is 0 Å². The van der Waals surface area contributed by atoms with E-state index in [1.165, 1.54) is 5.57 Å². The molecule has 0 bridgehead atoms. The van der Waals surface area contributed by atoms with Crippen LogP contribution in [0.5, 0.6) is 0 Å². The molecule has 3 rings (SSSR count). The fraction of sp³-hybridized carbons (Fsp3) is 0.0952. The molecule has 106 valence electrons. The van der Waals surface area contributed by atoms with E-state index in [9.17, 15) is 0 Å². The molecule has 0 heterocycles. The van der Waals surface area contributed by atoms with Gasteiger partial charge >= 0.3 is 0 Å². The minimum absolute atomic E-state index is 0.681. The first kappa shape index (κ1) is 14.1. The number of rotatable bonds is 3. The summed E-state index contributed by atoms with van der Waals surface area (Å²) >= 11 is 0. The van der Waals surface area contributed by atoms with E-state index in [0.29, 0.717) is 5.56 Å². The van der Waals surface area contributed by atoms with Gasteiger partial charge < -0.3 is 0 Å². The molecule has 0 unspecified atom stereocenters. The molecular formula is C21H17N. The summed E-state index contributed by atoms with van der Waals surface area (Å²) in [7, 11) is 0. The van der Waals surface area contributed by atoms with Gasteiger partial charge in [0.05, 0.1) is 11.6 Å². The molecule has 0 atom stereocenters. The topological polar surface area (TPSA) is 23.8 Å². The van der Waals surface area contributed by atoms with E-state index in [0.717, 1.165) is 34.7 Å². The summed E-state index contributed by atoms with van der Waals surface area (Å²) in [5.74, 6) is 0. The highest BCUT2D eigenvalue weighted by Crippen LogP contribution is 2.26. The van der Waals surface area contributed by atoms with Crippen molar-refractivity contribution in [1.82, 2.24) is 0 Å². The van der Waals surface area contributed by atoms with Crippen LogP contribution in [0.3, 0.4) is 0 Å². The van der Waals surface area contributed by atoms with Gasteiger partial charge in [0, 0.05) is 0 Å². The summed E-state index contributed by atoms with van der Waals surface area (Å²) in [6.45, 7) is 3.91. The van der Waals surface area contributed by atoms with E-state index in [1.807, 2.05) is 24.3 Å². The lowest BCUT2D eigenvalue weighted by atomic mass is 9.96. The number of fused-ring (bicyclic) bond motifs is 1. The Morgan fingerprint density at radius 1 is 1.09 bits per heavy atom. The van der Waals surface area contributed by atoms with Crippen LogP contribution in [0.15, 0.2) is 66.8 Å². The zero-order valence-corrected chi connectivity index (χ0v) is 12.4. The average Bonchev–Trinajstić information content (AvgIpc) is 2.59. The Morgan fingerprint density at radius 3 is 2.68 bits per heavy atom. The molecule has 22 heavy (non-hydrogen) atoms. The smallest absolute Gasteiger partial charge is 0.0991 e. The highest BCUT2D eigenvalue weighted by Gasteiger charge is 2.05. The number of hydrogen-bond donors (Lipinski definition) is 0. The Balaban J connectivity index is 2.15. The van der Waals surface area contributed by atoms with Crippen molar-refractivity contribution in [1.29, 1.82) is 5.26 Å². The fourth-order valence-corrected chi connectivity index (χ4v) is 2.73. The van der Waals surface area contributed by atoms with Crippen LogP contribution in [0.25, 0.3) is 22.9 Å². The van der Waals surface area contributed by atoms with Crippen molar-refractivity contribution in [3.63, 3.8) is 0 Å². The van der Waals surface area contributed by atoms with Crippen molar-refractivity contribution in [2.45, 2.75) is 12.8 Å². The van der Waals surface area contributed by atoms with E-state index in [2.05, 4.69) is 55.2 Å². The van der Waals surface area contributed by atoms with Gasteiger partial charge in [0.25, 0.3) is 0 Å². The zero-order valence-electron chi connectivity index (χ0n) is 12.4. The third-order valence-corrected chi connectivity index (χ3v) is 3.91. The number of allylic oxidation sites excluding steroid dienone is 5. The second-order valence-electron chi connectivity index (χ2n) is 5.34. The molecule has 0 aromatic heterocycles. The molecule has 0 aliphatic heterocycles. The van der Waals surface area contributed by atoms with E-state index in [4.69, 9.17) is 5.26 Å². The quantitative estimate of drug-likeness (QED) is 0.714. The molecule has 0 spiro atoms. The zero-order chi connectivity index (χ0) is 15.4. The average molecular weight is 283 g/mol. The molecular weight excluding hydrogens is 266 g/mol. The van der Waals surface area contributed by atoms with E-state index >= 15 is 0 Å². The van der Waals surface area contributed by atoms with Gasteiger partial charge in [0.1, 0.15) is 0 Å². The van der Waals surface area contributed by atoms with Crippen molar-refractivity contribution in [2.75, 3.05) is 0 Å². The minimum atomic E-state index is 0.681. The lowest BCUT2D eigenvalue weighted by molar-refractivity contribution is 1.03. The van der Waals surface area contributed by atoms with Crippen LogP contribution < -0.4 is 0 Å². The molecule has 0 N–H and O–H groups in total. The van der Waals surface area contributed by atoms with Gasteiger partial charge in [-0.3, -0.25) is 0 Å². The van der Waals surface area contributed by atoms with E-state index in [1.54, 1.807) is 0 Å². The van der Waals surface area contributed by atoms with E-state index in [-0.39, 0.29) is 0 Å². The maximum atomic E-state index is 9.14. The first-order valence-corrected chi connectivity index (χ1v) is 7.46. The van der Waals surface area contributed by atoms with Crippen LogP contribution in [0.2, 0.25) is 0 Å². The molecule has 0 saturated heterocycles. The van der Waals surface area contributed by atoms with Crippen LogP contribution in [0.1, 0.15) is 29.5 Å². The predicted molar refractivity (Wildman–Crippen MR) is 94.2 cm³/mol. The molecule has 2 aromatic rings. The predicted octanol–water partition coefficient (Wildman–Crippen LogP) is 5.64. The molecule has 1 nitrogen and oxygen atoms in total. The molecule has 1 aliphatic carbocycles. The Hall–Kier alpha value is -2.85. The number of nitriles is 1. The highest BCUT2D eigenvalue weighted by atomic mass is 14.2. The Bertz CT molecular complexity index is 857. The monoisotopic (exact) mass is 283 g/mol. The highest BCUT2D eigenvalue weighted by molar-refractivity contribution is 5.95. The molecule has 0 fully saturated rings. The largest absolute Gasteiger partial charge is 0.192 e. The molecule has 1 heteroatoms. The lowest BCUT2D eigenvalue weighted by Crippen LogP contribution is -1.87. The van der Waals surface area contributed by atoms with Crippen LogP contribution in [-0.4, -0.2) is 0 Å². The summed E-state index contributed by atoms with van der Waals surface area (Å²) in [6.07, 6.45) is 14.9. The van der Waals surface area contributed by atoms with Gasteiger partial charge in [-0.2, -0.15) is 5.26 Å². The number of nitrogens with zero attached hydrogens (tertiary/aromatic N) is 1. The SMILES string of the molecule is C=Cc1ccc2ccc(C#N)cc2c1/C=C/C1=CCCC=C1. The molecule has 0 radical (unpaired) electrons. The second-order valence-corrected chi connectivity index (χ2v) is 5.34. The minimum Gasteiger partial charge on any atom is -0.192 e. The first-order valence-electron chi connectivity index (χ1n) is 7.46. The van der Waals surface area contributed by atoms with Crippen LogP contribution in [-0.2, 0) is 0 Å². The van der Waals surface area contributed by atoms with Gasteiger partial charge in [-0.1, -0.05) is 61.2 Å². The van der Waals surface area contributed by atoms with Crippen molar-refractivity contribution in [3.05, 3.63) is 83.5 Å². The van der Waals surface area contributed by atoms with E-state index < -0.39 is 0 Å². The summed E-state index contributed by atoms with van der Waals surface area (Å²) in [5, 5.41) is 11.4. The van der Waals surface area contributed by atoms with Crippen LogP contribution in [0.4, 0.5) is 0 Å². The Kier molecular flexibility index (Phi) is 4.03.